The summed E-state index contributed by atoms with van der Waals surface area (Å²) in [6.45, 7) is 0. The molecular formula is C9H13N3S. The van der Waals surface area contributed by atoms with Gasteiger partial charge in [0, 0.05) is 10.8 Å². The Labute approximate surface area is 81.4 Å². The fourth-order valence-electron chi connectivity index (χ4n) is 1.88. The lowest BCUT2D eigenvalue weighted by Gasteiger charge is -2.21. The lowest BCUT2D eigenvalue weighted by molar-refractivity contribution is 0.655. The van der Waals surface area contributed by atoms with Gasteiger partial charge in [-0.15, -0.1) is 11.3 Å². The molecule has 0 fully saturated rings. The van der Waals surface area contributed by atoms with Crippen molar-refractivity contribution in [3.63, 3.8) is 0 Å². The van der Waals surface area contributed by atoms with Gasteiger partial charge in [-0.25, -0.2) is 0 Å². The van der Waals surface area contributed by atoms with Crippen molar-refractivity contribution < 1.29 is 0 Å². The summed E-state index contributed by atoms with van der Waals surface area (Å²) in [6, 6.07) is 2.14. The molecule has 1 unspecified atom stereocenters. The second kappa shape index (κ2) is 3.38. The van der Waals surface area contributed by atoms with Crippen LogP contribution in [-0.2, 0) is 6.42 Å². The van der Waals surface area contributed by atoms with Crippen LogP contribution < -0.4 is 11.6 Å². The first kappa shape index (κ1) is 8.56. The topological polar surface area (TPSA) is 64.4 Å². The highest BCUT2D eigenvalue weighted by Crippen LogP contribution is 2.34. The molecule has 2 rings (SSSR count). The van der Waals surface area contributed by atoms with Crippen molar-refractivity contribution in [3.8, 4) is 0 Å². The Hall–Kier alpha value is -1.03. The van der Waals surface area contributed by atoms with E-state index < -0.39 is 0 Å². The largest absolute Gasteiger partial charge is 0.385 e. The molecule has 3 nitrogen and oxygen atoms in total. The third kappa shape index (κ3) is 1.42. The Morgan fingerprint density at radius 2 is 2.46 bits per heavy atom. The number of amidine groups is 1. The number of nitrogens with two attached hydrogens (primary N) is 2. The van der Waals surface area contributed by atoms with Gasteiger partial charge in [0.1, 0.15) is 5.84 Å². The van der Waals surface area contributed by atoms with Gasteiger partial charge < -0.3 is 11.6 Å². The Morgan fingerprint density at radius 1 is 1.62 bits per heavy atom. The molecule has 1 atom stereocenters. The minimum absolute atomic E-state index is 0.264. The Balaban J connectivity index is 2.35. The van der Waals surface area contributed by atoms with Crippen molar-refractivity contribution in [2.75, 3.05) is 0 Å². The van der Waals surface area contributed by atoms with Crippen LogP contribution in [0, 0.1) is 0 Å². The predicted molar refractivity (Wildman–Crippen MR) is 55.8 cm³/mol. The molecule has 0 spiro atoms. The van der Waals surface area contributed by atoms with Gasteiger partial charge in [0.15, 0.2) is 0 Å². The molecule has 70 valence electrons. The first-order chi connectivity index (χ1) is 6.33. The first-order valence-electron chi connectivity index (χ1n) is 4.42. The summed E-state index contributed by atoms with van der Waals surface area (Å²) in [7, 11) is 0. The standard InChI is InChI=1S/C9H13N3S/c10-9(12-11)7-2-1-3-8-6(7)4-5-13-8/h4-5,7H,1-3,11H2,(H2,10,12). The van der Waals surface area contributed by atoms with Crippen LogP contribution in [-0.4, -0.2) is 5.84 Å². The molecule has 4 N–H and O–H groups in total. The maximum Gasteiger partial charge on any atom is 0.126 e. The Morgan fingerprint density at radius 3 is 3.23 bits per heavy atom. The summed E-state index contributed by atoms with van der Waals surface area (Å²) >= 11 is 1.81. The van der Waals surface area contributed by atoms with E-state index in [4.69, 9.17) is 11.6 Å². The highest BCUT2D eigenvalue weighted by molar-refractivity contribution is 7.10. The monoisotopic (exact) mass is 195 g/mol. The minimum atomic E-state index is 0.264. The van der Waals surface area contributed by atoms with Crippen LogP contribution in [0.15, 0.2) is 16.5 Å². The molecule has 1 aliphatic rings. The quantitative estimate of drug-likeness (QED) is 0.308. The van der Waals surface area contributed by atoms with Crippen LogP contribution in [0.5, 0.6) is 0 Å². The fourth-order valence-corrected chi connectivity index (χ4v) is 2.87. The van der Waals surface area contributed by atoms with E-state index in [0.29, 0.717) is 5.84 Å². The van der Waals surface area contributed by atoms with E-state index in [2.05, 4.69) is 16.5 Å². The van der Waals surface area contributed by atoms with Gasteiger partial charge in [-0.2, -0.15) is 5.10 Å². The second-order valence-corrected chi connectivity index (χ2v) is 4.30. The molecule has 0 aromatic carbocycles. The lowest BCUT2D eigenvalue weighted by atomic mass is 9.87. The summed E-state index contributed by atoms with van der Waals surface area (Å²) in [5, 5.41) is 5.71. The molecule has 13 heavy (non-hydrogen) atoms. The number of hydrazone groups is 1. The van der Waals surface area contributed by atoms with Crippen LogP contribution in [0.4, 0.5) is 0 Å². The maximum absolute atomic E-state index is 5.75. The van der Waals surface area contributed by atoms with E-state index in [0.717, 1.165) is 6.42 Å². The normalized spacial score (nSPS) is 22.8. The zero-order valence-electron chi connectivity index (χ0n) is 7.36. The molecular weight excluding hydrogens is 182 g/mol. The van der Waals surface area contributed by atoms with E-state index in [1.807, 2.05) is 0 Å². The first-order valence-corrected chi connectivity index (χ1v) is 5.30. The summed E-state index contributed by atoms with van der Waals surface area (Å²) in [6.07, 6.45) is 3.45. The number of nitrogens with zero attached hydrogens (tertiary/aromatic N) is 1. The highest BCUT2D eigenvalue weighted by Gasteiger charge is 2.23. The van der Waals surface area contributed by atoms with Crippen LogP contribution >= 0.6 is 11.3 Å². The van der Waals surface area contributed by atoms with Gasteiger partial charge >= 0.3 is 0 Å². The van der Waals surface area contributed by atoms with Crippen molar-refractivity contribution in [2.24, 2.45) is 16.7 Å². The van der Waals surface area contributed by atoms with Crippen molar-refractivity contribution in [2.45, 2.75) is 25.2 Å². The Bertz CT molecular complexity index is 329. The molecule has 1 aromatic rings. The van der Waals surface area contributed by atoms with Crippen LogP contribution in [0.3, 0.4) is 0 Å². The molecule has 1 aliphatic carbocycles. The number of hydrogen-bond acceptors (Lipinski definition) is 3. The predicted octanol–water partition coefficient (Wildman–Crippen LogP) is 1.40. The van der Waals surface area contributed by atoms with E-state index in [-0.39, 0.29) is 5.92 Å². The third-order valence-electron chi connectivity index (χ3n) is 2.56. The lowest BCUT2D eigenvalue weighted by Crippen LogP contribution is -2.25. The minimum Gasteiger partial charge on any atom is -0.385 e. The van der Waals surface area contributed by atoms with Gasteiger partial charge in [0.2, 0.25) is 0 Å². The molecule has 1 aromatic heterocycles. The van der Waals surface area contributed by atoms with Gasteiger partial charge in [-0.3, -0.25) is 0 Å². The average Bonchev–Trinajstić information content (AvgIpc) is 2.63. The van der Waals surface area contributed by atoms with Crippen molar-refractivity contribution in [1.29, 1.82) is 0 Å². The van der Waals surface area contributed by atoms with Crippen molar-refractivity contribution in [1.82, 2.24) is 0 Å². The van der Waals surface area contributed by atoms with E-state index in [9.17, 15) is 0 Å². The molecule has 0 saturated carbocycles. The smallest absolute Gasteiger partial charge is 0.126 e. The summed E-state index contributed by atoms with van der Waals surface area (Å²) in [5.41, 5.74) is 7.09. The van der Waals surface area contributed by atoms with E-state index >= 15 is 0 Å². The van der Waals surface area contributed by atoms with E-state index in [1.165, 1.54) is 23.3 Å². The molecule has 4 heteroatoms. The molecule has 0 amide bonds. The number of rotatable bonds is 1. The number of fused-ring (bicyclic) bond motifs is 1. The van der Waals surface area contributed by atoms with E-state index in [1.54, 1.807) is 11.3 Å². The maximum atomic E-state index is 5.75. The zero-order valence-corrected chi connectivity index (χ0v) is 8.18. The van der Waals surface area contributed by atoms with Crippen LogP contribution in [0.2, 0.25) is 0 Å². The van der Waals surface area contributed by atoms with Crippen LogP contribution in [0.1, 0.15) is 29.2 Å². The SMILES string of the molecule is N/N=C(/N)C1CCCc2sccc21. The van der Waals surface area contributed by atoms with Crippen molar-refractivity contribution >= 4 is 17.2 Å². The van der Waals surface area contributed by atoms with Gasteiger partial charge in [0.25, 0.3) is 0 Å². The molecule has 0 radical (unpaired) electrons. The molecule has 0 bridgehead atoms. The van der Waals surface area contributed by atoms with Crippen LogP contribution in [0.25, 0.3) is 0 Å². The van der Waals surface area contributed by atoms with Gasteiger partial charge in [-0.1, -0.05) is 0 Å². The number of hydrogen-bond donors (Lipinski definition) is 2. The average molecular weight is 195 g/mol. The summed E-state index contributed by atoms with van der Waals surface area (Å²) in [4.78, 5) is 1.45. The molecule has 0 aliphatic heterocycles. The molecule has 0 saturated heterocycles. The Kier molecular flexibility index (Phi) is 2.22. The van der Waals surface area contributed by atoms with Gasteiger partial charge in [0.05, 0.1) is 0 Å². The summed E-state index contributed by atoms with van der Waals surface area (Å²) < 4.78 is 0. The zero-order chi connectivity index (χ0) is 9.26. The van der Waals surface area contributed by atoms with Gasteiger partial charge in [-0.05, 0) is 36.3 Å². The second-order valence-electron chi connectivity index (χ2n) is 3.30. The number of aryl methyl sites for hydroxylation is 1. The van der Waals surface area contributed by atoms with Crippen molar-refractivity contribution in [3.05, 3.63) is 21.9 Å². The number of thiophene rings is 1. The molecule has 1 heterocycles. The summed E-state index contributed by atoms with van der Waals surface area (Å²) in [5.74, 6) is 6.03. The highest BCUT2D eigenvalue weighted by atomic mass is 32.1. The third-order valence-corrected chi connectivity index (χ3v) is 3.55. The fraction of sp³-hybridized carbons (Fsp3) is 0.444.